The number of benzene rings is 1. The molecule has 0 aromatic heterocycles. The van der Waals surface area contributed by atoms with Crippen LogP contribution >= 0.6 is 0 Å². The monoisotopic (exact) mass is 172 g/mol. The van der Waals surface area contributed by atoms with Crippen molar-refractivity contribution in [2.45, 2.75) is 38.0 Å². The Labute approximate surface area is 81.8 Å². The fourth-order valence-corrected chi connectivity index (χ4v) is 2.27. The molecular formula is C12H17B. The maximum atomic E-state index is 2.31. The third-order valence-electron chi connectivity index (χ3n) is 3.15. The van der Waals surface area contributed by atoms with Gasteiger partial charge in [-0.25, -0.2) is 0 Å². The third-order valence-corrected chi connectivity index (χ3v) is 3.15. The molecule has 2 rings (SSSR count). The predicted molar refractivity (Wildman–Crippen MR) is 60.4 cm³/mol. The lowest BCUT2D eigenvalue weighted by Crippen LogP contribution is -2.07. The molecule has 0 saturated heterocycles. The fourth-order valence-electron chi connectivity index (χ4n) is 2.27. The van der Waals surface area contributed by atoms with Crippen LogP contribution < -0.4 is 5.46 Å². The van der Waals surface area contributed by atoms with E-state index in [1.807, 2.05) is 0 Å². The summed E-state index contributed by atoms with van der Waals surface area (Å²) in [7, 11) is 2.16. The van der Waals surface area contributed by atoms with Crippen molar-refractivity contribution in [1.82, 2.24) is 0 Å². The summed E-state index contributed by atoms with van der Waals surface area (Å²) in [6.07, 6.45) is 7.12. The van der Waals surface area contributed by atoms with Crippen molar-refractivity contribution >= 4 is 13.3 Å². The van der Waals surface area contributed by atoms with Gasteiger partial charge in [-0.2, -0.15) is 0 Å². The van der Waals surface area contributed by atoms with Gasteiger partial charge in [0.25, 0.3) is 0 Å². The van der Waals surface area contributed by atoms with Gasteiger partial charge < -0.3 is 0 Å². The molecule has 0 bridgehead atoms. The van der Waals surface area contributed by atoms with E-state index in [0.717, 1.165) is 5.92 Å². The molecule has 0 spiro atoms. The van der Waals surface area contributed by atoms with Crippen molar-refractivity contribution < 1.29 is 0 Å². The molecule has 0 unspecified atom stereocenters. The average molecular weight is 172 g/mol. The van der Waals surface area contributed by atoms with Crippen LogP contribution in [0.2, 0.25) is 0 Å². The molecule has 0 nitrogen and oxygen atoms in total. The summed E-state index contributed by atoms with van der Waals surface area (Å²) in [5, 5.41) is 0. The highest BCUT2D eigenvalue weighted by molar-refractivity contribution is 6.32. The normalized spacial score (nSPS) is 18.8. The van der Waals surface area contributed by atoms with E-state index in [1.165, 1.54) is 37.6 Å². The quantitative estimate of drug-likeness (QED) is 0.568. The molecule has 0 N–H and O–H groups in total. The molecule has 0 aliphatic heterocycles. The SMILES string of the molecule is Bc1ccc(C2CCCCC2)cc1. The van der Waals surface area contributed by atoms with E-state index >= 15 is 0 Å². The molecule has 1 aromatic carbocycles. The maximum absolute atomic E-state index is 2.31. The molecule has 1 fully saturated rings. The van der Waals surface area contributed by atoms with Gasteiger partial charge in [0.2, 0.25) is 0 Å². The van der Waals surface area contributed by atoms with E-state index in [1.54, 1.807) is 5.56 Å². The van der Waals surface area contributed by atoms with Gasteiger partial charge in [0.15, 0.2) is 0 Å². The second-order valence-electron chi connectivity index (χ2n) is 4.25. The maximum Gasteiger partial charge on any atom is 0.139 e. The summed E-state index contributed by atoms with van der Waals surface area (Å²) in [4.78, 5) is 0. The highest BCUT2D eigenvalue weighted by atomic mass is 14.2. The van der Waals surface area contributed by atoms with E-state index in [0.29, 0.717) is 0 Å². The standard InChI is InChI=1S/C12H17B/c13-12-8-6-11(7-9-12)10-4-2-1-3-5-10/h6-10H,1-5,13H2. The van der Waals surface area contributed by atoms with Crippen LogP contribution in [-0.4, -0.2) is 7.85 Å². The van der Waals surface area contributed by atoms with E-state index in [-0.39, 0.29) is 0 Å². The van der Waals surface area contributed by atoms with Gasteiger partial charge in [-0.15, -0.1) is 0 Å². The average Bonchev–Trinajstić information content (AvgIpc) is 2.20. The van der Waals surface area contributed by atoms with Gasteiger partial charge in [-0.3, -0.25) is 0 Å². The number of hydrogen-bond acceptors (Lipinski definition) is 0. The van der Waals surface area contributed by atoms with Gasteiger partial charge in [0.05, 0.1) is 0 Å². The van der Waals surface area contributed by atoms with Crippen LogP contribution in [0.5, 0.6) is 0 Å². The van der Waals surface area contributed by atoms with Gasteiger partial charge in [0.1, 0.15) is 7.85 Å². The van der Waals surface area contributed by atoms with Crippen LogP contribution in [-0.2, 0) is 0 Å². The highest BCUT2D eigenvalue weighted by Gasteiger charge is 2.14. The van der Waals surface area contributed by atoms with E-state index < -0.39 is 0 Å². The summed E-state index contributed by atoms with van der Waals surface area (Å²) in [6.45, 7) is 0. The molecule has 1 aliphatic carbocycles. The first-order valence-corrected chi connectivity index (χ1v) is 5.43. The van der Waals surface area contributed by atoms with Gasteiger partial charge >= 0.3 is 0 Å². The number of hydrogen-bond donors (Lipinski definition) is 0. The highest BCUT2D eigenvalue weighted by Crippen LogP contribution is 2.31. The fraction of sp³-hybridized carbons (Fsp3) is 0.500. The van der Waals surface area contributed by atoms with Crippen LogP contribution in [0.1, 0.15) is 43.6 Å². The summed E-state index contributed by atoms with van der Waals surface area (Å²) < 4.78 is 0. The summed E-state index contributed by atoms with van der Waals surface area (Å²) in [5.41, 5.74) is 2.94. The van der Waals surface area contributed by atoms with Crippen molar-refractivity contribution in [1.29, 1.82) is 0 Å². The molecule has 13 heavy (non-hydrogen) atoms. The molecule has 1 aromatic rings. The van der Waals surface area contributed by atoms with Crippen molar-refractivity contribution in [3.05, 3.63) is 29.8 Å². The van der Waals surface area contributed by atoms with Crippen LogP contribution in [0.3, 0.4) is 0 Å². The molecule has 1 heteroatoms. The van der Waals surface area contributed by atoms with Gasteiger partial charge in [-0.1, -0.05) is 49.0 Å². The van der Waals surface area contributed by atoms with Gasteiger partial charge in [-0.05, 0) is 24.3 Å². The second-order valence-corrected chi connectivity index (χ2v) is 4.25. The minimum Gasteiger partial charge on any atom is -0.0889 e. The molecule has 0 heterocycles. The van der Waals surface area contributed by atoms with Crippen LogP contribution in [0, 0.1) is 0 Å². The van der Waals surface area contributed by atoms with Crippen LogP contribution in [0.4, 0.5) is 0 Å². The molecule has 68 valence electrons. The molecule has 0 radical (unpaired) electrons. The lowest BCUT2D eigenvalue weighted by atomic mass is 9.83. The zero-order chi connectivity index (χ0) is 9.10. The Kier molecular flexibility index (Phi) is 2.72. The Bertz CT molecular complexity index is 257. The van der Waals surface area contributed by atoms with Crippen molar-refractivity contribution in [3.8, 4) is 0 Å². The van der Waals surface area contributed by atoms with E-state index in [9.17, 15) is 0 Å². The Morgan fingerprint density at radius 3 is 2.15 bits per heavy atom. The lowest BCUT2D eigenvalue weighted by Gasteiger charge is -2.21. The van der Waals surface area contributed by atoms with Crippen molar-refractivity contribution in [2.75, 3.05) is 0 Å². The van der Waals surface area contributed by atoms with Crippen LogP contribution in [0.15, 0.2) is 24.3 Å². The third kappa shape index (κ3) is 2.15. The van der Waals surface area contributed by atoms with E-state index in [4.69, 9.17) is 0 Å². The molecule has 1 saturated carbocycles. The van der Waals surface area contributed by atoms with Gasteiger partial charge in [0, 0.05) is 0 Å². The largest absolute Gasteiger partial charge is 0.139 e. The van der Waals surface area contributed by atoms with Crippen LogP contribution in [0.25, 0.3) is 0 Å². The number of rotatable bonds is 1. The zero-order valence-corrected chi connectivity index (χ0v) is 8.42. The molecule has 1 aliphatic rings. The molecule has 0 atom stereocenters. The van der Waals surface area contributed by atoms with Crippen molar-refractivity contribution in [3.63, 3.8) is 0 Å². The predicted octanol–water partition coefficient (Wildman–Crippen LogP) is 1.99. The zero-order valence-electron chi connectivity index (χ0n) is 8.42. The molecule has 0 amide bonds. The lowest BCUT2D eigenvalue weighted by molar-refractivity contribution is 0.443. The summed E-state index contributed by atoms with van der Waals surface area (Å²) >= 11 is 0. The first-order valence-electron chi connectivity index (χ1n) is 5.43. The smallest absolute Gasteiger partial charge is 0.0889 e. The Morgan fingerprint density at radius 1 is 0.923 bits per heavy atom. The minimum absolute atomic E-state index is 0.856. The first-order chi connectivity index (χ1) is 6.36. The Morgan fingerprint density at radius 2 is 1.54 bits per heavy atom. The topological polar surface area (TPSA) is 0 Å². The molecular weight excluding hydrogens is 155 g/mol. The minimum atomic E-state index is 0.856. The first kappa shape index (κ1) is 8.86. The Hall–Kier alpha value is -0.715. The van der Waals surface area contributed by atoms with E-state index in [2.05, 4.69) is 32.1 Å². The second kappa shape index (κ2) is 4.00. The summed E-state index contributed by atoms with van der Waals surface area (Å²) in [6, 6.07) is 9.10. The Balaban J connectivity index is 2.10. The van der Waals surface area contributed by atoms with Crippen molar-refractivity contribution in [2.24, 2.45) is 0 Å². The summed E-state index contributed by atoms with van der Waals surface area (Å²) in [5.74, 6) is 0.856.